The Kier molecular flexibility index (Phi) is 5.02. The number of halogens is 2. The molecule has 1 aromatic rings. The van der Waals surface area contributed by atoms with Crippen molar-refractivity contribution in [3.05, 3.63) is 31.6 Å². The molecule has 1 aromatic heterocycles. The van der Waals surface area contributed by atoms with Crippen molar-refractivity contribution in [2.45, 2.75) is 44.4 Å². The molecule has 4 fully saturated rings. The first-order valence-corrected chi connectivity index (χ1v) is 11.0. The average molecular weight is 560 g/mol. The molecule has 0 spiro atoms. The van der Waals surface area contributed by atoms with E-state index in [0.717, 1.165) is 30.6 Å². The minimum atomic E-state index is -0.262. The zero-order chi connectivity index (χ0) is 17.6. The van der Waals surface area contributed by atoms with Crippen LogP contribution in [0.4, 0.5) is 0 Å². The molecule has 5 rings (SSSR count). The van der Waals surface area contributed by atoms with Gasteiger partial charge in [0.05, 0.1) is 5.41 Å². The molecule has 4 aliphatic rings. The van der Waals surface area contributed by atoms with Gasteiger partial charge in [0.1, 0.15) is 11.7 Å². The standard InChI is InChI=1S/C19H22I2N4/c1-11(20)8-23-17(22-2)19(18-24-9-16(21)10-25-18)14-4-12-3-13(6-14)7-15(19)5-12/h8-10,12-15H,2-7H2,1H3/b11-8+,23-17?. The van der Waals surface area contributed by atoms with Gasteiger partial charge in [-0.15, -0.1) is 0 Å². The second-order valence-electron chi connectivity index (χ2n) is 7.73. The molecule has 0 aromatic carbocycles. The average Bonchev–Trinajstić information content (AvgIpc) is 2.57. The van der Waals surface area contributed by atoms with Crippen molar-refractivity contribution < 1.29 is 0 Å². The number of aliphatic imine (C=N–C) groups is 2. The highest BCUT2D eigenvalue weighted by Crippen LogP contribution is 2.63. The second kappa shape index (κ2) is 6.98. The lowest BCUT2D eigenvalue weighted by molar-refractivity contribution is -0.0330. The van der Waals surface area contributed by atoms with E-state index in [-0.39, 0.29) is 5.41 Å². The highest BCUT2D eigenvalue weighted by molar-refractivity contribution is 14.1. The van der Waals surface area contributed by atoms with Gasteiger partial charge in [0.25, 0.3) is 0 Å². The third-order valence-corrected chi connectivity index (χ3v) is 7.14. The Bertz CT molecular complexity index is 706. The Morgan fingerprint density at radius 1 is 1.16 bits per heavy atom. The molecule has 0 atom stereocenters. The van der Waals surface area contributed by atoms with Gasteiger partial charge in [-0.05, 0) is 115 Å². The van der Waals surface area contributed by atoms with Crippen LogP contribution in [0, 0.1) is 27.2 Å². The van der Waals surface area contributed by atoms with Crippen molar-refractivity contribution in [1.82, 2.24) is 9.97 Å². The van der Waals surface area contributed by atoms with Crippen LogP contribution in [-0.2, 0) is 5.41 Å². The largest absolute Gasteiger partial charge is 0.248 e. The van der Waals surface area contributed by atoms with Crippen molar-refractivity contribution in [1.29, 1.82) is 0 Å². The summed E-state index contributed by atoms with van der Waals surface area (Å²) in [5, 5.41) is 0. The van der Waals surface area contributed by atoms with E-state index < -0.39 is 0 Å². The predicted octanol–water partition coefficient (Wildman–Crippen LogP) is 5.17. The van der Waals surface area contributed by atoms with E-state index in [4.69, 9.17) is 15.0 Å². The van der Waals surface area contributed by atoms with Gasteiger partial charge in [-0.25, -0.2) is 20.0 Å². The Balaban J connectivity index is 1.90. The van der Waals surface area contributed by atoms with Gasteiger partial charge >= 0.3 is 0 Å². The van der Waals surface area contributed by atoms with E-state index >= 15 is 0 Å². The number of hydrogen-bond donors (Lipinski definition) is 0. The molecular weight excluding hydrogens is 538 g/mol. The van der Waals surface area contributed by atoms with Gasteiger partial charge in [0.2, 0.25) is 0 Å². The maximum atomic E-state index is 4.79. The molecule has 1 heterocycles. The van der Waals surface area contributed by atoms with Gasteiger partial charge in [-0.3, -0.25) is 0 Å². The zero-order valence-electron chi connectivity index (χ0n) is 14.3. The molecule has 4 bridgehead atoms. The molecule has 132 valence electrons. The fraction of sp³-hybridized carbons (Fsp3) is 0.579. The Morgan fingerprint density at radius 2 is 1.72 bits per heavy atom. The quantitative estimate of drug-likeness (QED) is 0.291. The molecule has 0 N–H and O–H groups in total. The Hall–Kier alpha value is -0.380. The minimum Gasteiger partial charge on any atom is -0.248 e. The molecule has 4 saturated carbocycles. The van der Waals surface area contributed by atoms with Crippen molar-refractivity contribution in [3.63, 3.8) is 0 Å². The van der Waals surface area contributed by atoms with Crippen molar-refractivity contribution in [2.75, 3.05) is 0 Å². The van der Waals surface area contributed by atoms with Crippen LogP contribution in [0.5, 0.6) is 0 Å². The molecule has 0 amide bonds. The number of nitrogens with zero attached hydrogens (tertiary/aromatic N) is 4. The smallest absolute Gasteiger partial charge is 0.142 e. The van der Waals surface area contributed by atoms with Crippen LogP contribution in [0.2, 0.25) is 0 Å². The number of amidine groups is 1. The molecule has 0 aliphatic heterocycles. The van der Waals surface area contributed by atoms with Gasteiger partial charge in [0, 0.05) is 25.7 Å². The van der Waals surface area contributed by atoms with Crippen molar-refractivity contribution in [2.24, 2.45) is 33.7 Å². The summed E-state index contributed by atoms with van der Waals surface area (Å²) in [5.41, 5.74) is -0.262. The fourth-order valence-electron chi connectivity index (χ4n) is 5.71. The molecule has 0 saturated heterocycles. The van der Waals surface area contributed by atoms with E-state index in [9.17, 15) is 0 Å². The molecular formula is C19H22I2N4. The van der Waals surface area contributed by atoms with Crippen LogP contribution in [0.25, 0.3) is 0 Å². The maximum absolute atomic E-state index is 4.79. The second-order valence-corrected chi connectivity index (χ2v) is 10.7. The molecule has 25 heavy (non-hydrogen) atoms. The zero-order valence-corrected chi connectivity index (χ0v) is 18.6. The van der Waals surface area contributed by atoms with Crippen LogP contribution in [0.1, 0.15) is 44.9 Å². The minimum absolute atomic E-state index is 0.262. The molecule has 4 aliphatic carbocycles. The lowest BCUT2D eigenvalue weighted by Gasteiger charge is -2.59. The van der Waals surface area contributed by atoms with Crippen LogP contribution in [0.15, 0.2) is 32.2 Å². The topological polar surface area (TPSA) is 50.5 Å². The van der Waals surface area contributed by atoms with Crippen LogP contribution in [0.3, 0.4) is 0 Å². The van der Waals surface area contributed by atoms with Gasteiger partial charge in [-0.1, -0.05) is 0 Å². The third kappa shape index (κ3) is 3.00. The molecule has 0 radical (unpaired) electrons. The number of allylic oxidation sites excluding steroid dienone is 1. The molecule has 0 unspecified atom stereocenters. The van der Waals surface area contributed by atoms with Crippen LogP contribution in [-0.4, -0.2) is 22.5 Å². The summed E-state index contributed by atoms with van der Waals surface area (Å²) in [6, 6.07) is 0. The van der Waals surface area contributed by atoms with E-state index in [1.807, 2.05) is 18.6 Å². The van der Waals surface area contributed by atoms with E-state index in [2.05, 4.69) is 63.8 Å². The SMILES string of the molecule is C=NC(=N/C=C(\C)I)C1(c2ncc(I)cn2)C2CC3CC(C2)CC1C3. The first-order valence-electron chi connectivity index (χ1n) is 8.89. The van der Waals surface area contributed by atoms with E-state index in [1.165, 1.54) is 32.1 Å². The normalized spacial score (nSPS) is 37.4. The summed E-state index contributed by atoms with van der Waals surface area (Å²) in [6.45, 7) is 5.94. The summed E-state index contributed by atoms with van der Waals surface area (Å²) in [6.07, 6.45) is 12.2. The van der Waals surface area contributed by atoms with Gasteiger partial charge < -0.3 is 0 Å². The van der Waals surface area contributed by atoms with Gasteiger partial charge in [0.15, 0.2) is 0 Å². The van der Waals surface area contributed by atoms with Crippen LogP contribution < -0.4 is 0 Å². The van der Waals surface area contributed by atoms with E-state index in [0.29, 0.717) is 11.8 Å². The van der Waals surface area contributed by atoms with E-state index in [1.54, 1.807) is 0 Å². The summed E-state index contributed by atoms with van der Waals surface area (Å²) in [7, 11) is 0. The van der Waals surface area contributed by atoms with Crippen LogP contribution >= 0.6 is 45.2 Å². The van der Waals surface area contributed by atoms with Crippen molar-refractivity contribution >= 4 is 57.7 Å². The monoisotopic (exact) mass is 560 g/mol. The fourth-order valence-corrected chi connectivity index (χ4v) is 6.13. The Morgan fingerprint density at radius 3 is 2.20 bits per heavy atom. The lowest BCUT2D eigenvalue weighted by atomic mass is 9.44. The Labute approximate surface area is 176 Å². The van der Waals surface area contributed by atoms with Crippen molar-refractivity contribution in [3.8, 4) is 0 Å². The highest BCUT2D eigenvalue weighted by atomic mass is 127. The third-order valence-electron chi connectivity index (χ3n) is 6.30. The number of hydrogen-bond acceptors (Lipinski definition) is 3. The highest BCUT2D eigenvalue weighted by Gasteiger charge is 2.62. The summed E-state index contributed by atoms with van der Waals surface area (Å²) in [4.78, 5) is 18.8. The first-order chi connectivity index (χ1) is 12.0. The molecule has 4 nitrogen and oxygen atoms in total. The first kappa shape index (κ1) is 18.0. The predicted molar refractivity (Wildman–Crippen MR) is 118 cm³/mol. The summed E-state index contributed by atoms with van der Waals surface area (Å²) < 4.78 is 2.20. The number of aromatic nitrogens is 2. The summed E-state index contributed by atoms with van der Waals surface area (Å²) in [5.74, 6) is 4.55. The summed E-state index contributed by atoms with van der Waals surface area (Å²) >= 11 is 4.56. The van der Waals surface area contributed by atoms with Gasteiger partial charge in [-0.2, -0.15) is 0 Å². The maximum Gasteiger partial charge on any atom is 0.142 e. The number of rotatable bonds is 3. The molecule has 6 heteroatoms. The lowest BCUT2D eigenvalue weighted by Crippen LogP contribution is -2.59.